The van der Waals surface area contributed by atoms with Crippen LogP contribution in [0.2, 0.25) is 0 Å². The molecular weight excluding hydrogens is 276 g/mol. The Morgan fingerprint density at radius 1 is 1.33 bits per heavy atom. The van der Waals surface area contributed by atoms with Crippen molar-refractivity contribution >= 4 is 18.0 Å². The molecule has 2 N–H and O–H groups in total. The lowest BCUT2D eigenvalue weighted by atomic mass is 10.1. The number of anilines is 1. The molecule has 2 heterocycles. The number of ether oxygens (including phenoxy) is 1. The molecule has 0 saturated carbocycles. The molecule has 1 fully saturated rings. The number of aromatic carboxylic acids is 1. The predicted octanol–water partition coefficient (Wildman–Crippen LogP) is 1.21. The highest BCUT2D eigenvalue weighted by atomic mass is 16.6. The monoisotopic (exact) mass is 294 g/mol. The van der Waals surface area contributed by atoms with Gasteiger partial charge in [0.25, 0.3) is 0 Å². The van der Waals surface area contributed by atoms with Crippen LogP contribution in [-0.2, 0) is 4.74 Å². The summed E-state index contributed by atoms with van der Waals surface area (Å²) in [5, 5.41) is 11.8. The number of hydrogen-bond acceptors (Lipinski definition) is 6. The molecule has 0 atom stereocenters. The van der Waals surface area contributed by atoms with E-state index in [0.29, 0.717) is 19.0 Å². The van der Waals surface area contributed by atoms with Crippen LogP contribution in [0.15, 0.2) is 12.4 Å². The Morgan fingerprint density at radius 3 is 2.38 bits per heavy atom. The smallest absolute Gasteiger partial charge is 0.410 e. The topological polar surface area (TPSA) is 105 Å². The zero-order valence-corrected chi connectivity index (χ0v) is 12.2. The minimum absolute atomic E-state index is 0.0320. The van der Waals surface area contributed by atoms with Crippen LogP contribution < -0.4 is 5.32 Å². The Bertz CT molecular complexity index is 532. The number of rotatable bonds is 3. The number of carboxylic acid groups (broad SMARTS) is 1. The zero-order valence-electron chi connectivity index (χ0n) is 12.2. The van der Waals surface area contributed by atoms with E-state index in [0.717, 1.165) is 0 Å². The molecule has 21 heavy (non-hydrogen) atoms. The summed E-state index contributed by atoms with van der Waals surface area (Å²) in [6, 6.07) is 0.0354. The van der Waals surface area contributed by atoms with Crippen LogP contribution in [-0.4, -0.2) is 56.8 Å². The second kappa shape index (κ2) is 5.55. The van der Waals surface area contributed by atoms with Gasteiger partial charge < -0.3 is 20.1 Å². The second-order valence-corrected chi connectivity index (χ2v) is 5.83. The molecule has 0 bridgehead atoms. The molecule has 0 unspecified atom stereocenters. The van der Waals surface area contributed by atoms with E-state index in [4.69, 9.17) is 9.84 Å². The molecule has 0 aromatic carbocycles. The number of carbonyl (C=O) groups is 2. The maximum Gasteiger partial charge on any atom is 0.410 e. The van der Waals surface area contributed by atoms with Gasteiger partial charge in [0.1, 0.15) is 5.60 Å². The van der Waals surface area contributed by atoms with E-state index in [1.807, 2.05) is 20.8 Å². The fraction of sp³-hybridized carbons (Fsp3) is 0.538. The van der Waals surface area contributed by atoms with Crippen LogP contribution in [0.3, 0.4) is 0 Å². The first-order valence-corrected chi connectivity index (χ1v) is 6.54. The van der Waals surface area contributed by atoms with Gasteiger partial charge in [-0.15, -0.1) is 0 Å². The molecule has 0 spiro atoms. The zero-order chi connectivity index (χ0) is 15.6. The average Bonchev–Trinajstić information content (AvgIpc) is 2.31. The molecule has 1 aliphatic heterocycles. The summed E-state index contributed by atoms with van der Waals surface area (Å²) in [5.74, 6) is -0.727. The van der Waals surface area contributed by atoms with Crippen molar-refractivity contribution in [3.63, 3.8) is 0 Å². The van der Waals surface area contributed by atoms with Gasteiger partial charge in [-0.05, 0) is 20.8 Å². The number of carbonyl (C=O) groups excluding carboxylic acids is 1. The Kier molecular flexibility index (Phi) is 3.97. The van der Waals surface area contributed by atoms with Crippen molar-refractivity contribution in [1.29, 1.82) is 0 Å². The first-order valence-electron chi connectivity index (χ1n) is 6.54. The Labute approximate surface area is 122 Å². The van der Waals surface area contributed by atoms with Crippen molar-refractivity contribution in [3.8, 4) is 0 Å². The van der Waals surface area contributed by atoms with Crippen LogP contribution in [0, 0.1) is 0 Å². The summed E-state index contributed by atoms with van der Waals surface area (Å²) < 4.78 is 5.24. The average molecular weight is 294 g/mol. The third-order valence-corrected chi connectivity index (χ3v) is 2.77. The van der Waals surface area contributed by atoms with Crippen LogP contribution >= 0.6 is 0 Å². The highest BCUT2D eigenvalue weighted by Gasteiger charge is 2.33. The van der Waals surface area contributed by atoms with E-state index in [-0.39, 0.29) is 17.7 Å². The summed E-state index contributed by atoms with van der Waals surface area (Å²) in [6.45, 7) is 6.45. The third-order valence-electron chi connectivity index (χ3n) is 2.77. The van der Waals surface area contributed by atoms with Crippen molar-refractivity contribution in [2.75, 3.05) is 18.4 Å². The minimum Gasteiger partial charge on any atom is -0.478 e. The number of aromatic nitrogens is 2. The van der Waals surface area contributed by atoms with Gasteiger partial charge in [-0.3, -0.25) is 0 Å². The lowest BCUT2D eigenvalue weighted by molar-refractivity contribution is 0.0104. The molecule has 1 aliphatic rings. The molecule has 114 valence electrons. The van der Waals surface area contributed by atoms with Crippen molar-refractivity contribution in [2.24, 2.45) is 0 Å². The van der Waals surface area contributed by atoms with Gasteiger partial charge in [0, 0.05) is 25.5 Å². The lowest BCUT2D eigenvalue weighted by Crippen LogP contribution is -2.58. The molecule has 1 aromatic heterocycles. The van der Waals surface area contributed by atoms with E-state index in [1.54, 1.807) is 4.90 Å². The molecular formula is C13H18N4O4. The number of amides is 1. The molecule has 0 radical (unpaired) electrons. The molecule has 1 amide bonds. The summed E-state index contributed by atoms with van der Waals surface area (Å²) >= 11 is 0. The molecule has 0 aliphatic carbocycles. The van der Waals surface area contributed by atoms with Gasteiger partial charge in [0.15, 0.2) is 0 Å². The van der Waals surface area contributed by atoms with Crippen molar-refractivity contribution < 1.29 is 19.4 Å². The fourth-order valence-corrected chi connectivity index (χ4v) is 1.74. The van der Waals surface area contributed by atoms with E-state index < -0.39 is 11.6 Å². The van der Waals surface area contributed by atoms with Gasteiger partial charge in [-0.25, -0.2) is 19.6 Å². The Morgan fingerprint density at radius 2 is 1.90 bits per heavy atom. The Hall–Kier alpha value is -2.38. The largest absolute Gasteiger partial charge is 0.478 e. The summed E-state index contributed by atoms with van der Waals surface area (Å²) in [4.78, 5) is 31.8. The summed E-state index contributed by atoms with van der Waals surface area (Å²) in [7, 11) is 0. The van der Waals surface area contributed by atoms with Gasteiger partial charge >= 0.3 is 12.1 Å². The normalized spacial score (nSPS) is 15.3. The second-order valence-electron chi connectivity index (χ2n) is 5.83. The van der Waals surface area contributed by atoms with Crippen LogP contribution in [0.1, 0.15) is 31.1 Å². The van der Waals surface area contributed by atoms with Crippen LogP contribution in [0.5, 0.6) is 0 Å². The number of nitrogens with zero attached hydrogens (tertiary/aromatic N) is 3. The number of likely N-dealkylation sites (tertiary alicyclic amines) is 1. The highest BCUT2D eigenvalue weighted by Crippen LogP contribution is 2.17. The van der Waals surface area contributed by atoms with E-state index >= 15 is 0 Å². The fourth-order valence-electron chi connectivity index (χ4n) is 1.74. The summed E-state index contributed by atoms with van der Waals surface area (Å²) in [5.41, 5.74) is -0.477. The van der Waals surface area contributed by atoms with Crippen molar-refractivity contribution in [3.05, 3.63) is 18.0 Å². The number of carboxylic acids is 1. The maximum absolute atomic E-state index is 11.7. The third kappa shape index (κ3) is 4.04. The lowest BCUT2D eigenvalue weighted by Gasteiger charge is -2.39. The maximum atomic E-state index is 11.7. The number of nitrogens with one attached hydrogen (secondary N) is 1. The van der Waals surface area contributed by atoms with Crippen molar-refractivity contribution in [2.45, 2.75) is 32.4 Å². The molecule has 1 aromatic rings. The number of hydrogen-bond donors (Lipinski definition) is 2. The summed E-state index contributed by atoms with van der Waals surface area (Å²) in [6.07, 6.45) is 2.13. The van der Waals surface area contributed by atoms with Crippen LogP contribution in [0.4, 0.5) is 10.7 Å². The first kappa shape index (κ1) is 15.0. The van der Waals surface area contributed by atoms with Gasteiger partial charge in [0.05, 0.1) is 11.6 Å². The molecule has 8 nitrogen and oxygen atoms in total. The van der Waals surface area contributed by atoms with E-state index in [9.17, 15) is 9.59 Å². The van der Waals surface area contributed by atoms with Gasteiger partial charge in [-0.2, -0.15) is 0 Å². The van der Waals surface area contributed by atoms with E-state index in [2.05, 4.69) is 15.3 Å². The highest BCUT2D eigenvalue weighted by molar-refractivity contribution is 5.86. The van der Waals surface area contributed by atoms with Crippen LogP contribution in [0.25, 0.3) is 0 Å². The SMILES string of the molecule is CC(C)(C)OC(=O)N1CC(Nc2ncc(C(=O)O)cn2)C1. The molecule has 2 rings (SSSR count). The molecule has 1 saturated heterocycles. The minimum atomic E-state index is -1.07. The predicted molar refractivity (Wildman–Crippen MR) is 74.2 cm³/mol. The van der Waals surface area contributed by atoms with E-state index in [1.165, 1.54) is 12.4 Å². The first-order chi connectivity index (χ1) is 9.74. The molecule has 8 heteroatoms. The van der Waals surface area contributed by atoms with Gasteiger partial charge in [-0.1, -0.05) is 0 Å². The quantitative estimate of drug-likeness (QED) is 0.863. The van der Waals surface area contributed by atoms with Gasteiger partial charge in [0.2, 0.25) is 5.95 Å². The standard InChI is InChI=1S/C13H18N4O4/c1-13(2,3)21-12(20)17-6-9(7-17)16-11-14-4-8(5-15-11)10(18)19/h4-5,9H,6-7H2,1-3H3,(H,18,19)(H,14,15,16). The Balaban J connectivity index is 1.80. The van der Waals surface area contributed by atoms with Crippen molar-refractivity contribution in [1.82, 2.24) is 14.9 Å².